The van der Waals surface area contributed by atoms with E-state index >= 15 is 0 Å². The highest BCUT2D eigenvalue weighted by Gasteiger charge is 2.17. The van der Waals surface area contributed by atoms with Crippen molar-refractivity contribution in [1.29, 1.82) is 0 Å². The summed E-state index contributed by atoms with van der Waals surface area (Å²) in [5, 5.41) is 7.99. The number of amides is 1. The Morgan fingerprint density at radius 3 is 2.75 bits per heavy atom. The molecule has 0 spiro atoms. The van der Waals surface area contributed by atoms with Crippen molar-refractivity contribution < 1.29 is 9.53 Å². The first-order chi connectivity index (χ1) is 13.4. The summed E-state index contributed by atoms with van der Waals surface area (Å²) in [6.45, 7) is 4.41. The van der Waals surface area contributed by atoms with E-state index < -0.39 is 0 Å². The number of hydrogen-bond acceptors (Lipinski definition) is 4. The molecule has 0 aliphatic carbocycles. The molecule has 0 radical (unpaired) electrons. The summed E-state index contributed by atoms with van der Waals surface area (Å²) in [7, 11) is 1.65. The molecule has 146 valence electrons. The molecule has 1 N–H and O–H groups in total. The molecule has 2 aromatic carbocycles. The van der Waals surface area contributed by atoms with Crippen molar-refractivity contribution >= 4 is 35.0 Å². The Morgan fingerprint density at radius 2 is 2.04 bits per heavy atom. The molecular weight excluding hydrogens is 394 g/mol. The Labute approximate surface area is 174 Å². The molecule has 0 aliphatic heterocycles. The highest BCUT2D eigenvalue weighted by Crippen LogP contribution is 2.26. The van der Waals surface area contributed by atoms with Crippen LogP contribution in [0.5, 0.6) is 5.75 Å². The number of nitrogens with zero attached hydrogens (tertiary/aromatic N) is 2. The van der Waals surface area contributed by atoms with Gasteiger partial charge in [-0.2, -0.15) is 5.10 Å². The quantitative estimate of drug-likeness (QED) is 0.563. The number of carbonyl (C=O) groups is 1. The number of hydrogen-bond donors (Lipinski definition) is 1. The number of benzene rings is 2. The molecule has 5 nitrogen and oxygen atoms in total. The largest absolute Gasteiger partial charge is 0.497 e. The zero-order chi connectivity index (χ0) is 20.3. The van der Waals surface area contributed by atoms with Gasteiger partial charge in [0.05, 0.1) is 41.3 Å². The van der Waals surface area contributed by atoms with Crippen molar-refractivity contribution in [3.05, 3.63) is 70.0 Å². The number of thioether (sulfide) groups is 1. The third-order valence-corrected chi connectivity index (χ3v) is 5.56. The van der Waals surface area contributed by atoms with E-state index in [1.54, 1.807) is 31.0 Å². The zero-order valence-corrected chi connectivity index (χ0v) is 17.8. The fourth-order valence-corrected chi connectivity index (χ4v) is 3.60. The van der Waals surface area contributed by atoms with Gasteiger partial charge in [-0.25, -0.2) is 0 Å². The third-order valence-electron chi connectivity index (χ3n) is 4.50. The summed E-state index contributed by atoms with van der Waals surface area (Å²) in [5.41, 5.74) is 3.86. The summed E-state index contributed by atoms with van der Waals surface area (Å²) in [5.74, 6) is 0.559. The Morgan fingerprint density at radius 1 is 1.25 bits per heavy atom. The number of anilines is 1. The lowest BCUT2D eigenvalue weighted by Crippen LogP contribution is -2.14. The maximum absolute atomic E-state index is 12.8. The number of nitrogens with one attached hydrogen (secondary N) is 1. The summed E-state index contributed by atoms with van der Waals surface area (Å²) in [6.07, 6.45) is 1.96. The van der Waals surface area contributed by atoms with Crippen LogP contribution in [0.2, 0.25) is 5.02 Å². The van der Waals surface area contributed by atoms with E-state index in [2.05, 4.69) is 10.4 Å². The van der Waals surface area contributed by atoms with Crippen LogP contribution in [-0.2, 0) is 6.54 Å². The second-order valence-corrected chi connectivity index (χ2v) is 7.64. The van der Waals surface area contributed by atoms with E-state index in [4.69, 9.17) is 16.3 Å². The van der Waals surface area contributed by atoms with E-state index in [-0.39, 0.29) is 5.91 Å². The van der Waals surface area contributed by atoms with Crippen molar-refractivity contribution in [2.75, 3.05) is 18.7 Å². The van der Waals surface area contributed by atoms with Crippen LogP contribution in [0, 0.1) is 13.8 Å². The lowest BCUT2D eigenvalue weighted by atomic mass is 10.2. The number of rotatable bonds is 6. The van der Waals surface area contributed by atoms with Gasteiger partial charge in [0.15, 0.2) is 0 Å². The van der Waals surface area contributed by atoms with Gasteiger partial charge in [-0.1, -0.05) is 23.7 Å². The molecule has 3 aromatic rings. The van der Waals surface area contributed by atoms with Gasteiger partial charge in [-0.3, -0.25) is 9.48 Å². The Kier molecular flexibility index (Phi) is 6.31. The van der Waals surface area contributed by atoms with Crippen molar-refractivity contribution in [1.82, 2.24) is 9.78 Å². The minimum Gasteiger partial charge on any atom is -0.497 e. The monoisotopic (exact) mass is 415 g/mol. The van der Waals surface area contributed by atoms with Crippen molar-refractivity contribution in [3.8, 4) is 5.75 Å². The molecule has 1 heterocycles. The average molecular weight is 416 g/mol. The number of methoxy groups -OCH3 is 1. The smallest absolute Gasteiger partial charge is 0.257 e. The molecule has 7 heteroatoms. The first-order valence-electron chi connectivity index (χ1n) is 8.74. The Bertz CT molecular complexity index is 1020. The number of aromatic nitrogens is 2. The summed E-state index contributed by atoms with van der Waals surface area (Å²) in [6, 6.07) is 13.3. The van der Waals surface area contributed by atoms with Crippen LogP contribution in [0.3, 0.4) is 0 Å². The van der Waals surface area contributed by atoms with Crippen LogP contribution in [0.15, 0.2) is 47.4 Å². The number of halogens is 1. The predicted molar refractivity (Wildman–Crippen MR) is 115 cm³/mol. The second kappa shape index (κ2) is 8.71. The van der Waals surface area contributed by atoms with Crippen LogP contribution in [0.25, 0.3) is 0 Å². The van der Waals surface area contributed by atoms with Gasteiger partial charge in [0.2, 0.25) is 0 Å². The van der Waals surface area contributed by atoms with Gasteiger partial charge in [0.25, 0.3) is 5.91 Å². The lowest BCUT2D eigenvalue weighted by Gasteiger charge is -2.10. The van der Waals surface area contributed by atoms with Gasteiger partial charge in [-0.15, -0.1) is 11.8 Å². The standard InChI is InChI=1S/C21H22ClN3O2S/c1-13-20(23-21(26)18-11-17(28-4)8-9-19(18)22)14(2)25(24-13)12-15-6-5-7-16(10-15)27-3/h5-11H,12H2,1-4H3,(H,23,26). The molecule has 0 unspecified atom stereocenters. The van der Waals surface area contributed by atoms with E-state index in [1.165, 1.54) is 0 Å². The summed E-state index contributed by atoms with van der Waals surface area (Å²) in [4.78, 5) is 13.8. The molecule has 0 saturated heterocycles. The van der Waals surface area contributed by atoms with Crippen LogP contribution in [0.1, 0.15) is 27.3 Å². The third kappa shape index (κ3) is 4.34. The van der Waals surface area contributed by atoms with Gasteiger partial charge in [0, 0.05) is 4.90 Å². The van der Waals surface area contributed by atoms with E-state index in [0.717, 1.165) is 27.6 Å². The van der Waals surface area contributed by atoms with Crippen LogP contribution >= 0.6 is 23.4 Å². The van der Waals surface area contributed by atoms with Crippen molar-refractivity contribution in [3.63, 3.8) is 0 Å². The van der Waals surface area contributed by atoms with E-state index in [0.29, 0.717) is 22.8 Å². The van der Waals surface area contributed by atoms with E-state index in [9.17, 15) is 4.79 Å². The van der Waals surface area contributed by atoms with Crippen LogP contribution in [0.4, 0.5) is 5.69 Å². The molecule has 0 saturated carbocycles. The highest BCUT2D eigenvalue weighted by atomic mass is 35.5. The molecule has 0 bridgehead atoms. The predicted octanol–water partition coefficient (Wildman–Crippen LogP) is 5.18. The number of carbonyl (C=O) groups excluding carboxylic acids is 1. The normalized spacial score (nSPS) is 10.8. The Hall–Kier alpha value is -2.44. The summed E-state index contributed by atoms with van der Waals surface area (Å²) >= 11 is 7.80. The minimum atomic E-state index is -0.243. The lowest BCUT2D eigenvalue weighted by molar-refractivity contribution is 0.102. The minimum absolute atomic E-state index is 0.243. The molecule has 0 atom stereocenters. The van der Waals surface area contributed by atoms with E-state index in [1.807, 2.05) is 55.1 Å². The second-order valence-electron chi connectivity index (χ2n) is 6.35. The van der Waals surface area contributed by atoms with Crippen LogP contribution < -0.4 is 10.1 Å². The van der Waals surface area contributed by atoms with Gasteiger partial charge < -0.3 is 10.1 Å². The number of aryl methyl sites for hydroxylation is 1. The fraction of sp³-hybridized carbons (Fsp3) is 0.238. The highest BCUT2D eigenvalue weighted by molar-refractivity contribution is 7.98. The zero-order valence-electron chi connectivity index (χ0n) is 16.2. The molecule has 1 aromatic heterocycles. The summed E-state index contributed by atoms with van der Waals surface area (Å²) < 4.78 is 7.16. The Balaban J connectivity index is 1.85. The van der Waals surface area contributed by atoms with Crippen molar-refractivity contribution in [2.45, 2.75) is 25.3 Å². The molecule has 3 rings (SSSR count). The SMILES string of the molecule is COc1cccc(Cn2nc(C)c(NC(=O)c3cc(SC)ccc3Cl)c2C)c1. The van der Waals surface area contributed by atoms with Gasteiger partial charge in [0.1, 0.15) is 5.75 Å². The molecule has 0 fully saturated rings. The maximum Gasteiger partial charge on any atom is 0.257 e. The number of ether oxygens (including phenoxy) is 1. The topological polar surface area (TPSA) is 56.1 Å². The molecular formula is C21H22ClN3O2S. The first-order valence-corrected chi connectivity index (χ1v) is 10.3. The maximum atomic E-state index is 12.8. The van der Waals surface area contributed by atoms with Gasteiger partial charge in [-0.05, 0) is 56.0 Å². The first kappa shape index (κ1) is 20.3. The average Bonchev–Trinajstić information content (AvgIpc) is 2.95. The van der Waals surface area contributed by atoms with Crippen molar-refractivity contribution in [2.24, 2.45) is 0 Å². The molecule has 1 amide bonds. The van der Waals surface area contributed by atoms with Crippen LogP contribution in [-0.4, -0.2) is 29.1 Å². The van der Waals surface area contributed by atoms with Gasteiger partial charge >= 0.3 is 0 Å². The fourth-order valence-electron chi connectivity index (χ4n) is 2.96. The molecule has 28 heavy (non-hydrogen) atoms. The molecule has 0 aliphatic rings.